The van der Waals surface area contributed by atoms with Gasteiger partial charge in [-0.1, -0.05) is 12.1 Å². The van der Waals surface area contributed by atoms with Crippen LogP contribution < -0.4 is 10.1 Å². The van der Waals surface area contributed by atoms with Crippen molar-refractivity contribution in [3.05, 3.63) is 60.0 Å². The molecule has 0 atom stereocenters. The molecule has 0 aliphatic heterocycles. The number of halogens is 1. The predicted octanol–water partition coefficient (Wildman–Crippen LogP) is 3.48. The zero-order valence-corrected chi connectivity index (χ0v) is 12.2. The standard InChI is InChI=1S/C17H13FN2O3/c1-10(21)23-15-4-2-3-13-14(9-19-16(13)15)17(22)20-12-7-5-11(18)6-8-12/h2-9,19H,1H3,(H,20,22). The molecular weight excluding hydrogens is 299 g/mol. The van der Waals surface area contributed by atoms with Crippen molar-refractivity contribution in [1.29, 1.82) is 0 Å². The Morgan fingerprint density at radius 3 is 2.57 bits per heavy atom. The fourth-order valence-corrected chi connectivity index (χ4v) is 2.29. The Morgan fingerprint density at radius 2 is 1.87 bits per heavy atom. The lowest BCUT2D eigenvalue weighted by Gasteiger charge is -2.05. The van der Waals surface area contributed by atoms with Gasteiger partial charge in [0.25, 0.3) is 5.91 Å². The number of anilines is 1. The number of amides is 1. The summed E-state index contributed by atoms with van der Waals surface area (Å²) in [4.78, 5) is 26.4. The molecule has 3 rings (SSSR count). The van der Waals surface area contributed by atoms with Crippen molar-refractivity contribution in [3.63, 3.8) is 0 Å². The molecule has 0 saturated heterocycles. The lowest BCUT2D eigenvalue weighted by Crippen LogP contribution is -2.11. The van der Waals surface area contributed by atoms with Crippen molar-refractivity contribution in [3.8, 4) is 5.75 Å². The number of rotatable bonds is 3. The van der Waals surface area contributed by atoms with E-state index in [9.17, 15) is 14.0 Å². The number of hydrogen-bond acceptors (Lipinski definition) is 3. The van der Waals surface area contributed by atoms with E-state index in [4.69, 9.17) is 4.74 Å². The van der Waals surface area contributed by atoms with Crippen LogP contribution in [0.1, 0.15) is 17.3 Å². The van der Waals surface area contributed by atoms with Crippen LogP contribution in [0.15, 0.2) is 48.7 Å². The average Bonchev–Trinajstić information content (AvgIpc) is 2.94. The summed E-state index contributed by atoms with van der Waals surface area (Å²) < 4.78 is 18.0. The summed E-state index contributed by atoms with van der Waals surface area (Å²) in [5.41, 5.74) is 1.45. The van der Waals surface area contributed by atoms with Crippen LogP contribution in [0.25, 0.3) is 10.9 Å². The maximum atomic E-state index is 12.9. The minimum absolute atomic E-state index is 0.345. The van der Waals surface area contributed by atoms with Crippen LogP contribution in [-0.4, -0.2) is 16.9 Å². The molecule has 116 valence electrons. The average molecular weight is 312 g/mol. The van der Waals surface area contributed by atoms with E-state index in [0.29, 0.717) is 27.9 Å². The molecule has 2 N–H and O–H groups in total. The van der Waals surface area contributed by atoms with Crippen molar-refractivity contribution in [2.24, 2.45) is 0 Å². The molecule has 1 heterocycles. The summed E-state index contributed by atoms with van der Waals surface area (Å²) in [5.74, 6) is -0.802. The van der Waals surface area contributed by atoms with Crippen LogP contribution in [0.3, 0.4) is 0 Å². The fraction of sp³-hybridized carbons (Fsp3) is 0.0588. The molecule has 0 saturated carbocycles. The summed E-state index contributed by atoms with van der Waals surface area (Å²) in [7, 11) is 0. The number of ether oxygens (including phenoxy) is 1. The van der Waals surface area contributed by atoms with Crippen molar-refractivity contribution in [2.45, 2.75) is 6.92 Å². The second-order valence-electron chi connectivity index (χ2n) is 4.94. The zero-order chi connectivity index (χ0) is 16.4. The van der Waals surface area contributed by atoms with Crippen molar-refractivity contribution in [2.75, 3.05) is 5.32 Å². The van der Waals surface area contributed by atoms with E-state index in [1.54, 1.807) is 18.2 Å². The molecule has 5 nitrogen and oxygen atoms in total. The third-order valence-corrected chi connectivity index (χ3v) is 3.28. The van der Waals surface area contributed by atoms with Crippen molar-refractivity contribution >= 4 is 28.5 Å². The van der Waals surface area contributed by atoms with Crippen LogP contribution in [0.5, 0.6) is 5.75 Å². The monoisotopic (exact) mass is 312 g/mol. The maximum Gasteiger partial charge on any atom is 0.308 e. The molecular formula is C17H13FN2O3. The van der Waals surface area contributed by atoms with Gasteiger partial charge in [0.05, 0.1) is 11.1 Å². The van der Waals surface area contributed by atoms with Crippen LogP contribution in [0, 0.1) is 5.82 Å². The molecule has 0 unspecified atom stereocenters. The van der Waals surface area contributed by atoms with Gasteiger partial charge in [0.1, 0.15) is 5.82 Å². The summed E-state index contributed by atoms with van der Waals surface area (Å²) in [6.07, 6.45) is 1.54. The molecule has 23 heavy (non-hydrogen) atoms. The van der Waals surface area contributed by atoms with E-state index in [0.717, 1.165) is 0 Å². The van der Waals surface area contributed by atoms with E-state index >= 15 is 0 Å². The Bertz CT molecular complexity index is 884. The molecule has 0 radical (unpaired) electrons. The lowest BCUT2D eigenvalue weighted by atomic mass is 10.1. The Morgan fingerprint density at radius 1 is 1.13 bits per heavy atom. The van der Waals surface area contributed by atoms with Gasteiger partial charge in [0.15, 0.2) is 5.75 Å². The molecule has 1 amide bonds. The van der Waals surface area contributed by atoms with E-state index in [1.165, 1.54) is 37.4 Å². The zero-order valence-electron chi connectivity index (χ0n) is 12.2. The number of carbonyl (C=O) groups is 2. The van der Waals surface area contributed by atoms with Crippen LogP contribution >= 0.6 is 0 Å². The first-order valence-electron chi connectivity index (χ1n) is 6.90. The SMILES string of the molecule is CC(=O)Oc1cccc2c(C(=O)Nc3ccc(F)cc3)c[nH]c12. The highest BCUT2D eigenvalue weighted by Gasteiger charge is 2.15. The van der Waals surface area contributed by atoms with Gasteiger partial charge in [0, 0.05) is 24.2 Å². The van der Waals surface area contributed by atoms with Gasteiger partial charge in [-0.2, -0.15) is 0 Å². The van der Waals surface area contributed by atoms with Gasteiger partial charge in [-0.25, -0.2) is 4.39 Å². The molecule has 3 aromatic rings. The van der Waals surface area contributed by atoms with Gasteiger partial charge >= 0.3 is 5.97 Å². The molecule has 0 bridgehead atoms. The highest BCUT2D eigenvalue weighted by Crippen LogP contribution is 2.28. The minimum Gasteiger partial charge on any atom is -0.424 e. The molecule has 0 aliphatic rings. The highest BCUT2D eigenvalue weighted by molar-refractivity contribution is 6.13. The normalized spacial score (nSPS) is 10.5. The van der Waals surface area contributed by atoms with Crippen LogP contribution in [-0.2, 0) is 4.79 Å². The molecule has 1 aromatic heterocycles. The van der Waals surface area contributed by atoms with Crippen LogP contribution in [0.4, 0.5) is 10.1 Å². The Labute approximate surface area is 131 Å². The highest BCUT2D eigenvalue weighted by atomic mass is 19.1. The van der Waals surface area contributed by atoms with Gasteiger partial charge in [-0.3, -0.25) is 9.59 Å². The summed E-state index contributed by atoms with van der Waals surface area (Å²) >= 11 is 0. The van der Waals surface area contributed by atoms with Gasteiger partial charge in [-0.15, -0.1) is 0 Å². The van der Waals surface area contributed by atoms with Gasteiger partial charge < -0.3 is 15.0 Å². The lowest BCUT2D eigenvalue weighted by molar-refractivity contribution is -0.131. The third-order valence-electron chi connectivity index (χ3n) is 3.28. The van der Waals surface area contributed by atoms with Gasteiger partial charge in [-0.05, 0) is 30.3 Å². The summed E-state index contributed by atoms with van der Waals surface area (Å²) in [6, 6.07) is 10.6. The number of H-pyrrole nitrogens is 1. The quantitative estimate of drug-likeness (QED) is 0.574. The number of aromatic nitrogens is 1. The molecule has 0 spiro atoms. The minimum atomic E-state index is -0.440. The van der Waals surface area contributed by atoms with Gasteiger partial charge in [0.2, 0.25) is 0 Å². The largest absolute Gasteiger partial charge is 0.424 e. The second-order valence-corrected chi connectivity index (χ2v) is 4.94. The van der Waals surface area contributed by atoms with Crippen molar-refractivity contribution < 1.29 is 18.7 Å². The third kappa shape index (κ3) is 3.06. The summed E-state index contributed by atoms with van der Waals surface area (Å²) in [6.45, 7) is 1.31. The molecule has 0 aliphatic carbocycles. The molecule has 2 aromatic carbocycles. The number of para-hydroxylation sites is 1. The number of carbonyl (C=O) groups excluding carboxylic acids is 2. The fourth-order valence-electron chi connectivity index (χ4n) is 2.29. The number of benzene rings is 2. The second kappa shape index (κ2) is 5.92. The first kappa shape index (κ1) is 14.8. The Hall–Kier alpha value is -3.15. The first-order valence-corrected chi connectivity index (χ1v) is 6.90. The van der Waals surface area contributed by atoms with E-state index in [2.05, 4.69) is 10.3 Å². The predicted molar refractivity (Wildman–Crippen MR) is 84.0 cm³/mol. The number of fused-ring (bicyclic) bond motifs is 1. The maximum absolute atomic E-state index is 12.9. The Balaban J connectivity index is 1.92. The number of aromatic amines is 1. The number of hydrogen-bond donors (Lipinski definition) is 2. The smallest absolute Gasteiger partial charge is 0.308 e. The van der Waals surface area contributed by atoms with E-state index in [1.807, 2.05) is 0 Å². The van der Waals surface area contributed by atoms with E-state index < -0.39 is 5.97 Å². The summed E-state index contributed by atoms with van der Waals surface area (Å²) in [5, 5.41) is 3.32. The Kier molecular flexibility index (Phi) is 3.80. The number of esters is 1. The van der Waals surface area contributed by atoms with Crippen LogP contribution in [0.2, 0.25) is 0 Å². The van der Waals surface area contributed by atoms with Crippen molar-refractivity contribution in [1.82, 2.24) is 4.98 Å². The topological polar surface area (TPSA) is 71.2 Å². The molecule has 0 fully saturated rings. The van der Waals surface area contributed by atoms with E-state index in [-0.39, 0.29) is 11.7 Å². The number of nitrogens with one attached hydrogen (secondary N) is 2. The molecule has 6 heteroatoms. The first-order chi connectivity index (χ1) is 11.0.